The highest BCUT2D eigenvalue weighted by Gasteiger charge is 1.96. The van der Waals surface area contributed by atoms with Crippen LogP contribution in [0.1, 0.15) is 30.6 Å². The van der Waals surface area contributed by atoms with E-state index in [9.17, 15) is 4.79 Å². The summed E-state index contributed by atoms with van der Waals surface area (Å²) in [4.78, 5) is 11.7. The van der Waals surface area contributed by atoms with E-state index in [1.165, 1.54) is 4.90 Å². The van der Waals surface area contributed by atoms with Crippen molar-refractivity contribution in [2.24, 2.45) is 5.92 Å². The lowest BCUT2D eigenvalue weighted by molar-refractivity contribution is 0.112. The van der Waals surface area contributed by atoms with Gasteiger partial charge < -0.3 is 4.74 Å². The van der Waals surface area contributed by atoms with Crippen molar-refractivity contribution in [1.29, 1.82) is 0 Å². The van der Waals surface area contributed by atoms with Crippen molar-refractivity contribution in [3.63, 3.8) is 0 Å². The van der Waals surface area contributed by atoms with Gasteiger partial charge in [-0.15, -0.1) is 11.8 Å². The van der Waals surface area contributed by atoms with Crippen molar-refractivity contribution in [3.05, 3.63) is 29.8 Å². The second-order valence-electron chi connectivity index (χ2n) is 4.33. The van der Waals surface area contributed by atoms with Crippen LogP contribution in [0.25, 0.3) is 0 Å². The highest BCUT2D eigenvalue weighted by atomic mass is 32.2. The molecule has 2 nitrogen and oxygen atoms in total. The minimum atomic E-state index is 0.707. The number of rotatable bonds is 8. The van der Waals surface area contributed by atoms with E-state index in [-0.39, 0.29) is 0 Å². The van der Waals surface area contributed by atoms with E-state index >= 15 is 0 Å². The van der Waals surface area contributed by atoms with Gasteiger partial charge in [-0.05, 0) is 24.5 Å². The molecule has 0 radical (unpaired) electrons. The fourth-order valence-electron chi connectivity index (χ4n) is 1.28. The molecule has 0 unspecified atom stereocenters. The van der Waals surface area contributed by atoms with Gasteiger partial charge in [-0.3, -0.25) is 4.79 Å². The molecule has 0 spiro atoms. The lowest BCUT2D eigenvalue weighted by Gasteiger charge is -2.06. The van der Waals surface area contributed by atoms with Crippen LogP contribution in [-0.4, -0.2) is 25.3 Å². The molecule has 17 heavy (non-hydrogen) atoms. The smallest absolute Gasteiger partial charge is 0.150 e. The SMILES string of the molecule is CC(C)CCOCCSc1ccc(C=O)cc1. The van der Waals surface area contributed by atoms with Gasteiger partial charge in [0.05, 0.1) is 6.61 Å². The van der Waals surface area contributed by atoms with E-state index in [1.54, 1.807) is 11.8 Å². The van der Waals surface area contributed by atoms with Crippen LogP contribution in [0, 0.1) is 5.92 Å². The first kappa shape index (κ1) is 14.3. The molecule has 0 heterocycles. The zero-order chi connectivity index (χ0) is 12.5. The molecule has 1 rings (SSSR count). The zero-order valence-electron chi connectivity index (χ0n) is 10.5. The number of hydrogen-bond acceptors (Lipinski definition) is 3. The third-order valence-electron chi connectivity index (χ3n) is 2.35. The van der Waals surface area contributed by atoms with Crippen molar-refractivity contribution in [2.45, 2.75) is 25.2 Å². The molecule has 0 aromatic heterocycles. The Kier molecular flexibility index (Phi) is 6.97. The predicted molar refractivity (Wildman–Crippen MR) is 72.8 cm³/mol. The Labute approximate surface area is 108 Å². The minimum absolute atomic E-state index is 0.707. The van der Waals surface area contributed by atoms with E-state index in [4.69, 9.17) is 4.74 Å². The van der Waals surface area contributed by atoms with Gasteiger partial charge in [-0.25, -0.2) is 0 Å². The Morgan fingerprint density at radius 3 is 2.53 bits per heavy atom. The van der Waals surface area contributed by atoms with E-state index in [1.807, 2.05) is 24.3 Å². The second kappa shape index (κ2) is 8.31. The average Bonchev–Trinajstić information content (AvgIpc) is 2.34. The summed E-state index contributed by atoms with van der Waals surface area (Å²) in [7, 11) is 0. The lowest BCUT2D eigenvalue weighted by Crippen LogP contribution is -2.02. The van der Waals surface area contributed by atoms with Gasteiger partial charge in [-0.2, -0.15) is 0 Å². The zero-order valence-corrected chi connectivity index (χ0v) is 11.3. The summed E-state index contributed by atoms with van der Waals surface area (Å²) < 4.78 is 5.53. The largest absolute Gasteiger partial charge is 0.381 e. The fraction of sp³-hybridized carbons (Fsp3) is 0.500. The van der Waals surface area contributed by atoms with Crippen LogP contribution in [0.3, 0.4) is 0 Å². The molecule has 0 saturated carbocycles. The van der Waals surface area contributed by atoms with Crippen molar-refractivity contribution >= 4 is 18.0 Å². The first-order valence-electron chi connectivity index (χ1n) is 5.98. The van der Waals surface area contributed by atoms with Gasteiger partial charge in [0, 0.05) is 22.8 Å². The second-order valence-corrected chi connectivity index (χ2v) is 5.50. The Hall–Kier alpha value is -0.800. The molecule has 0 N–H and O–H groups in total. The topological polar surface area (TPSA) is 26.3 Å². The molecule has 0 bridgehead atoms. The quantitative estimate of drug-likeness (QED) is 0.401. The summed E-state index contributed by atoms with van der Waals surface area (Å²) in [6.07, 6.45) is 1.99. The fourth-order valence-corrected chi connectivity index (χ4v) is 2.05. The molecule has 94 valence electrons. The molecule has 1 aromatic rings. The maximum atomic E-state index is 10.5. The number of benzene rings is 1. The van der Waals surface area contributed by atoms with Crippen molar-refractivity contribution in [2.75, 3.05) is 19.0 Å². The Balaban J connectivity index is 2.11. The van der Waals surface area contributed by atoms with E-state index in [0.717, 1.165) is 37.2 Å². The van der Waals surface area contributed by atoms with Gasteiger partial charge in [0.25, 0.3) is 0 Å². The van der Waals surface area contributed by atoms with Crippen LogP contribution >= 0.6 is 11.8 Å². The van der Waals surface area contributed by atoms with Gasteiger partial charge in [0.15, 0.2) is 0 Å². The highest BCUT2D eigenvalue weighted by molar-refractivity contribution is 7.99. The predicted octanol–water partition coefficient (Wildman–Crippen LogP) is 3.65. The molecule has 3 heteroatoms. The van der Waals surface area contributed by atoms with Gasteiger partial charge in [0.1, 0.15) is 6.29 Å². The third-order valence-corrected chi connectivity index (χ3v) is 3.33. The molecule has 0 atom stereocenters. The van der Waals surface area contributed by atoms with E-state index in [2.05, 4.69) is 13.8 Å². The molecule has 0 amide bonds. The molecule has 0 aliphatic rings. The first-order chi connectivity index (χ1) is 8.22. The Bertz CT molecular complexity index is 319. The lowest BCUT2D eigenvalue weighted by atomic mass is 10.1. The minimum Gasteiger partial charge on any atom is -0.381 e. The summed E-state index contributed by atoms with van der Waals surface area (Å²) in [6.45, 7) is 6.04. The normalized spacial score (nSPS) is 10.8. The molecular formula is C14H20O2S. The molecule has 1 aromatic carbocycles. The number of ether oxygens (including phenoxy) is 1. The van der Waals surface area contributed by atoms with Gasteiger partial charge in [0.2, 0.25) is 0 Å². The monoisotopic (exact) mass is 252 g/mol. The Morgan fingerprint density at radius 1 is 1.24 bits per heavy atom. The van der Waals surface area contributed by atoms with Crippen molar-refractivity contribution in [1.82, 2.24) is 0 Å². The van der Waals surface area contributed by atoms with E-state index < -0.39 is 0 Å². The van der Waals surface area contributed by atoms with Crippen LogP contribution in [0.5, 0.6) is 0 Å². The standard InChI is InChI=1S/C14H20O2S/c1-12(2)7-8-16-9-10-17-14-5-3-13(11-15)4-6-14/h3-6,11-12H,7-10H2,1-2H3. The van der Waals surface area contributed by atoms with Crippen LogP contribution in [0.2, 0.25) is 0 Å². The summed E-state index contributed by atoms with van der Waals surface area (Å²) in [5.74, 6) is 1.66. The summed E-state index contributed by atoms with van der Waals surface area (Å²) in [5.41, 5.74) is 0.725. The molecule has 0 saturated heterocycles. The first-order valence-corrected chi connectivity index (χ1v) is 6.96. The van der Waals surface area contributed by atoms with Gasteiger partial charge in [-0.1, -0.05) is 26.0 Å². The molecule has 0 aliphatic heterocycles. The number of aldehydes is 1. The number of carbonyl (C=O) groups excluding carboxylic acids is 1. The molecule has 0 aliphatic carbocycles. The Morgan fingerprint density at radius 2 is 1.94 bits per heavy atom. The number of thioether (sulfide) groups is 1. The summed E-state index contributed by atoms with van der Waals surface area (Å²) in [5, 5.41) is 0. The van der Waals surface area contributed by atoms with Gasteiger partial charge >= 0.3 is 0 Å². The van der Waals surface area contributed by atoms with E-state index in [0.29, 0.717) is 5.92 Å². The average molecular weight is 252 g/mol. The van der Waals surface area contributed by atoms with Crippen molar-refractivity contribution in [3.8, 4) is 0 Å². The number of carbonyl (C=O) groups is 1. The van der Waals surface area contributed by atoms with Crippen LogP contribution in [-0.2, 0) is 4.74 Å². The summed E-state index contributed by atoms with van der Waals surface area (Å²) >= 11 is 1.76. The van der Waals surface area contributed by atoms with Crippen LogP contribution in [0.4, 0.5) is 0 Å². The third kappa shape index (κ3) is 6.49. The highest BCUT2D eigenvalue weighted by Crippen LogP contribution is 2.17. The summed E-state index contributed by atoms with van der Waals surface area (Å²) in [6, 6.07) is 7.63. The molecular weight excluding hydrogens is 232 g/mol. The maximum Gasteiger partial charge on any atom is 0.150 e. The van der Waals surface area contributed by atoms with Crippen LogP contribution < -0.4 is 0 Å². The molecule has 0 fully saturated rings. The van der Waals surface area contributed by atoms with Crippen LogP contribution in [0.15, 0.2) is 29.2 Å². The maximum absolute atomic E-state index is 10.5. The number of hydrogen-bond donors (Lipinski definition) is 0. The van der Waals surface area contributed by atoms with Crippen molar-refractivity contribution < 1.29 is 9.53 Å².